The highest BCUT2D eigenvalue weighted by atomic mass is 16.2. The van der Waals surface area contributed by atoms with Gasteiger partial charge < -0.3 is 11.1 Å². The zero-order valence-electron chi connectivity index (χ0n) is 11.9. The molecule has 0 radical (unpaired) electrons. The minimum Gasteiger partial charge on any atom is -0.382 e. The third-order valence-corrected chi connectivity index (χ3v) is 2.65. The first-order valence-corrected chi connectivity index (χ1v) is 6.42. The van der Waals surface area contributed by atoms with Gasteiger partial charge in [-0.25, -0.2) is 4.68 Å². The second kappa shape index (κ2) is 5.32. The van der Waals surface area contributed by atoms with E-state index in [1.54, 1.807) is 0 Å². The van der Waals surface area contributed by atoms with Crippen LogP contribution in [0.5, 0.6) is 0 Å². The van der Waals surface area contributed by atoms with Crippen molar-refractivity contribution in [2.75, 3.05) is 5.73 Å². The van der Waals surface area contributed by atoms with Crippen LogP contribution in [0, 0.1) is 0 Å². The van der Waals surface area contributed by atoms with E-state index in [1.165, 1.54) is 4.68 Å². The second-order valence-corrected chi connectivity index (χ2v) is 5.67. The fourth-order valence-electron chi connectivity index (χ4n) is 1.76. The number of benzene rings is 1. The lowest BCUT2D eigenvalue weighted by Crippen LogP contribution is -2.41. The normalized spacial score (nSPS) is 11.3. The molecule has 20 heavy (non-hydrogen) atoms. The van der Waals surface area contributed by atoms with Crippen molar-refractivity contribution in [2.24, 2.45) is 0 Å². The molecule has 0 bridgehead atoms. The van der Waals surface area contributed by atoms with Gasteiger partial charge in [-0.2, -0.15) is 0 Å². The van der Waals surface area contributed by atoms with Gasteiger partial charge in [-0.05, 0) is 26.3 Å². The molecular weight excluding hydrogens is 254 g/mol. The number of anilines is 1. The largest absolute Gasteiger partial charge is 0.382 e. The summed E-state index contributed by atoms with van der Waals surface area (Å²) in [5.74, 6) is -0.0371. The lowest BCUT2D eigenvalue weighted by atomic mass is 10.1. The monoisotopic (exact) mass is 273 g/mol. The predicted molar refractivity (Wildman–Crippen MR) is 77.2 cm³/mol. The van der Waals surface area contributed by atoms with Crippen molar-refractivity contribution in [1.29, 1.82) is 0 Å². The predicted octanol–water partition coefficient (Wildman–Crippen LogP) is 1.44. The molecule has 1 aromatic heterocycles. The van der Waals surface area contributed by atoms with E-state index in [2.05, 4.69) is 15.6 Å². The fraction of sp³-hybridized carbons (Fsp3) is 0.357. The Kier molecular flexibility index (Phi) is 3.74. The fourth-order valence-corrected chi connectivity index (χ4v) is 1.76. The number of nitrogens with zero attached hydrogens (tertiary/aromatic N) is 3. The molecule has 2 rings (SSSR count). The Balaban J connectivity index is 2.17. The Morgan fingerprint density at radius 3 is 2.55 bits per heavy atom. The van der Waals surface area contributed by atoms with Crippen molar-refractivity contribution < 1.29 is 4.79 Å². The smallest absolute Gasteiger partial charge is 0.276 e. The summed E-state index contributed by atoms with van der Waals surface area (Å²) in [6.45, 7) is 6.18. The quantitative estimate of drug-likeness (QED) is 0.886. The highest BCUT2D eigenvalue weighted by molar-refractivity contribution is 5.96. The molecule has 0 saturated carbocycles. The molecule has 3 N–H and O–H groups in total. The minimum atomic E-state index is -0.341. The Hall–Kier alpha value is -2.37. The van der Waals surface area contributed by atoms with E-state index < -0.39 is 0 Å². The van der Waals surface area contributed by atoms with Crippen LogP contribution in [0.4, 0.5) is 5.82 Å². The number of hydrogen-bond acceptors (Lipinski definition) is 4. The van der Waals surface area contributed by atoms with Gasteiger partial charge in [-0.1, -0.05) is 35.5 Å². The lowest BCUT2D eigenvalue weighted by molar-refractivity contribution is 0.0915. The Bertz CT molecular complexity index is 598. The number of carbonyl (C=O) groups excluding carboxylic acids is 1. The summed E-state index contributed by atoms with van der Waals surface area (Å²) >= 11 is 0. The summed E-state index contributed by atoms with van der Waals surface area (Å²) < 4.78 is 1.52. The van der Waals surface area contributed by atoms with Crippen molar-refractivity contribution in [1.82, 2.24) is 20.3 Å². The molecule has 0 atom stereocenters. The molecule has 0 unspecified atom stereocenters. The first-order chi connectivity index (χ1) is 9.37. The van der Waals surface area contributed by atoms with E-state index >= 15 is 0 Å². The molecule has 0 aliphatic rings. The summed E-state index contributed by atoms with van der Waals surface area (Å²) in [5, 5.41) is 10.6. The van der Waals surface area contributed by atoms with Gasteiger partial charge in [0.2, 0.25) is 0 Å². The number of hydrogen-bond donors (Lipinski definition) is 2. The Morgan fingerprint density at radius 1 is 1.30 bits per heavy atom. The number of nitrogen functional groups attached to an aromatic ring is 1. The summed E-state index contributed by atoms with van der Waals surface area (Å²) in [6.07, 6.45) is 0. The van der Waals surface area contributed by atoms with Gasteiger partial charge in [0.25, 0.3) is 5.91 Å². The first-order valence-electron chi connectivity index (χ1n) is 6.42. The van der Waals surface area contributed by atoms with Crippen molar-refractivity contribution in [3.05, 3.63) is 41.6 Å². The minimum absolute atomic E-state index is 0.163. The van der Waals surface area contributed by atoms with Gasteiger partial charge in [-0.15, -0.1) is 5.10 Å². The van der Waals surface area contributed by atoms with Crippen LogP contribution < -0.4 is 11.1 Å². The lowest BCUT2D eigenvalue weighted by Gasteiger charge is -2.19. The molecular formula is C14H19N5O. The average molecular weight is 273 g/mol. The van der Waals surface area contributed by atoms with Gasteiger partial charge in [0.15, 0.2) is 11.5 Å². The maximum absolute atomic E-state index is 12.0. The molecule has 0 fully saturated rings. The number of carbonyl (C=O) groups is 1. The molecule has 1 aromatic carbocycles. The van der Waals surface area contributed by atoms with Crippen LogP contribution in [0.1, 0.15) is 36.8 Å². The van der Waals surface area contributed by atoms with Crippen LogP contribution in [-0.4, -0.2) is 26.4 Å². The van der Waals surface area contributed by atoms with Crippen molar-refractivity contribution in [2.45, 2.75) is 32.9 Å². The second-order valence-electron chi connectivity index (χ2n) is 5.67. The van der Waals surface area contributed by atoms with E-state index in [9.17, 15) is 4.79 Å². The molecule has 1 heterocycles. The third kappa shape index (κ3) is 3.34. The number of rotatable bonds is 3. The van der Waals surface area contributed by atoms with Crippen molar-refractivity contribution in [3.8, 4) is 0 Å². The number of aromatic nitrogens is 3. The van der Waals surface area contributed by atoms with Gasteiger partial charge >= 0.3 is 0 Å². The van der Waals surface area contributed by atoms with Crippen molar-refractivity contribution in [3.63, 3.8) is 0 Å². The van der Waals surface area contributed by atoms with Crippen LogP contribution in [0.15, 0.2) is 30.3 Å². The maximum Gasteiger partial charge on any atom is 0.276 e. The molecule has 0 aliphatic heterocycles. The zero-order valence-corrected chi connectivity index (χ0v) is 11.9. The van der Waals surface area contributed by atoms with Crippen LogP contribution in [0.25, 0.3) is 0 Å². The van der Waals surface area contributed by atoms with Crippen LogP contribution in [-0.2, 0) is 6.54 Å². The van der Waals surface area contributed by atoms with Crippen LogP contribution in [0.2, 0.25) is 0 Å². The highest BCUT2D eigenvalue weighted by Gasteiger charge is 2.21. The van der Waals surface area contributed by atoms with E-state index in [-0.39, 0.29) is 23.0 Å². The molecule has 106 valence electrons. The number of nitrogens with two attached hydrogens (primary N) is 1. The highest BCUT2D eigenvalue weighted by Crippen LogP contribution is 2.12. The summed E-state index contributed by atoms with van der Waals surface area (Å²) in [7, 11) is 0. The molecule has 0 spiro atoms. The van der Waals surface area contributed by atoms with E-state index in [1.807, 2.05) is 51.1 Å². The molecule has 1 amide bonds. The summed E-state index contributed by atoms with van der Waals surface area (Å²) in [4.78, 5) is 12.0. The topological polar surface area (TPSA) is 85.8 Å². The summed E-state index contributed by atoms with van der Waals surface area (Å²) in [6, 6.07) is 9.76. The maximum atomic E-state index is 12.0. The number of amides is 1. The van der Waals surface area contributed by atoms with Gasteiger partial charge in [0, 0.05) is 5.54 Å². The molecule has 0 saturated heterocycles. The molecule has 6 nitrogen and oxygen atoms in total. The van der Waals surface area contributed by atoms with Gasteiger partial charge in [-0.3, -0.25) is 4.79 Å². The first kappa shape index (κ1) is 14.0. The van der Waals surface area contributed by atoms with Crippen LogP contribution in [0.3, 0.4) is 0 Å². The SMILES string of the molecule is CC(C)(C)NC(=O)c1nnn(Cc2ccccc2)c1N. The van der Waals surface area contributed by atoms with E-state index in [0.29, 0.717) is 6.54 Å². The average Bonchev–Trinajstić information content (AvgIpc) is 2.70. The third-order valence-electron chi connectivity index (χ3n) is 2.65. The molecule has 2 aromatic rings. The Labute approximate surface area is 118 Å². The number of nitrogens with one attached hydrogen (secondary N) is 1. The molecule has 0 aliphatic carbocycles. The van der Waals surface area contributed by atoms with Crippen molar-refractivity contribution >= 4 is 11.7 Å². The Morgan fingerprint density at radius 2 is 1.95 bits per heavy atom. The standard InChI is InChI=1S/C14H19N5O/c1-14(2,3)16-13(20)11-12(15)19(18-17-11)9-10-7-5-4-6-8-10/h4-8H,9,15H2,1-3H3,(H,16,20). The molecule has 6 heteroatoms. The zero-order chi connectivity index (χ0) is 14.8. The summed E-state index contributed by atoms with van der Waals surface area (Å²) in [5.41, 5.74) is 6.82. The van der Waals surface area contributed by atoms with E-state index in [4.69, 9.17) is 5.73 Å². The van der Waals surface area contributed by atoms with Gasteiger partial charge in [0.1, 0.15) is 0 Å². The van der Waals surface area contributed by atoms with E-state index in [0.717, 1.165) is 5.56 Å². The van der Waals surface area contributed by atoms with Crippen LogP contribution >= 0.6 is 0 Å². The van der Waals surface area contributed by atoms with Gasteiger partial charge in [0.05, 0.1) is 6.54 Å².